The highest BCUT2D eigenvalue weighted by molar-refractivity contribution is 7.89. The topological polar surface area (TPSA) is 108 Å². The second-order valence-electron chi connectivity index (χ2n) is 4.49. The van der Waals surface area contributed by atoms with Crippen molar-refractivity contribution >= 4 is 21.8 Å². The lowest BCUT2D eigenvalue weighted by molar-refractivity contribution is 0.0696. The molecule has 0 radical (unpaired) electrons. The van der Waals surface area contributed by atoms with Crippen LogP contribution in [-0.2, 0) is 10.0 Å². The fraction of sp³-hybridized carbons (Fsp3) is 0.143. The van der Waals surface area contributed by atoms with Crippen LogP contribution in [0.1, 0.15) is 10.4 Å². The Morgan fingerprint density at radius 1 is 1.22 bits per heavy atom. The molecule has 7 nitrogen and oxygen atoms in total. The number of anilines is 1. The Morgan fingerprint density at radius 2 is 2.00 bits per heavy atom. The molecule has 0 saturated carbocycles. The van der Waals surface area contributed by atoms with E-state index < -0.39 is 26.7 Å². The minimum atomic E-state index is -4.07. The maximum atomic E-state index is 13.8. The van der Waals surface area contributed by atoms with Crippen molar-refractivity contribution < 1.29 is 22.7 Å². The van der Waals surface area contributed by atoms with Crippen LogP contribution in [0.4, 0.5) is 10.2 Å². The van der Waals surface area contributed by atoms with Gasteiger partial charge in [-0.2, -0.15) is 0 Å². The molecule has 2 rings (SSSR count). The molecule has 0 saturated heterocycles. The Hall–Kier alpha value is -2.52. The Morgan fingerprint density at radius 3 is 2.61 bits per heavy atom. The average Bonchev–Trinajstić information content (AvgIpc) is 2.52. The third-order valence-electron chi connectivity index (χ3n) is 2.86. The van der Waals surface area contributed by atoms with E-state index in [1.807, 2.05) is 0 Å². The standard InChI is InChI=1S/C14H14FN3O4S/c15-11-9-10(14(19)20)4-5-12(11)23(21,22)18-8-7-17-13-3-1-2-6-16-13/h1-6,9,18H,7-8H2,(H,16,17)(H,19,20). The van der Waals surface area contributed by atoms with Crippen LogP contribution in [0.5, 0.6) is 0 Å². The van der Waals surface area contributed by atoms with Gasteiger partial charge in [-0.15, -0.1) is 0 Å². The van der Waals surface area contributed by atoms with Crippen LogP contribution in [0, 0.1) is 5.82 Å². The van der Waals surface area contributed by atoms with E-state index >= 15 is 0 Å². The van der Waals surface area contributed by atoms with Gasteiger partial charge >= 0.3 is 5.97 Å². The summed E-state index contributed by atoms with van der Waals surface area (Å²) in [7, 11) is -4.07. The molecule has 2 aromatic rings. The number of carbonyl (C=O) groups is 1. The number of pyridine rings is 1. The number of aromatic carboxylic acids is 1. The summed E-state index contributed by atoms with van der Waals surface area (Å²) in [4.78, 5) is 14.1. The van der Waals surface area contributed by atoms with Gasteiger partial charge in [0.05, 0.1) is 5.56 Å². The van der Waals surface area contributed by atoms with Crippen molar-refractivity contribution in [1.29, 1.82) is 0 Å². The van der Waals surface area contributed by atoms with E-state index in [4.69, 9.17) is 5.11 Å². The molecule has 3 N–H and O–H groups in total. The predicted octanol–water partition coefficient (Wildman–Crippen LogP) is 1.31. The van der Waals surface area contributed by atoms with E-state index in [0.717, 1.165) is 12.1 Å². The third-order valence-corrected chi connectivity index (χ3v) is 4.35. The van der Waals surface area contributed by atoms with Gasteiger partial charge in [-0.25, -0.2) is 27.3 Å². The lowest BCUT2D eigenvalue weighted by Gasteiger charge is -2.09. The number of hydrogen-bond donors (Lipinski definition) is 3. The largest absolute Gasteiger partial charge is 0.478 e. The van der Waals surface area contributed by atoms with Crippen molar-refractivity contribution in [2.45, 2.75) is 4.90 Å². The van der Waals surface area contributed by atoms with Crippen molar-refractivity contribution in [2.24, 2.45) is 0 Å². The fourth-order valence-corrected chi connectivity index (χ4v) is 2.86. The molecular formula is C14H14FN3O4S. The van der Waals surface area contributed by atoms with E-state index in [-0.39, 0.29) is 18.7 Å². The van der Waals surface area contributed by atoms with Crippen LogP contribution in [0.15, 0.2) is 47.5 Å². The summed E-state index contributed by atoms with van der Waals surface area (Å²) in [5, 5.41) is 11.6. The number of aromatic nitrogens is 1. The zero-order chi connectivity index (χ0) is 16.9. The molecule has 1 aromatic heterocycles. The normalized spacial score (nSPS) is 11.2. The smallest absolute Gasteiger partial charge is 0.335 e. The highest BCUT2D eigenvalue weighted by atomic mass is 32.2. The van der Waals surface area contributed by atoms with E-state index in [0.29, 0.717) is 11.9 Å². The molecule has 0 fully saturated rings. The van der Waals surface area contributed by atoms with Crippen molar-refractivity contribution in [3.63, 3.8) is 0 Å². The average molecular weight is 339 g/mol. The molecule has 0 aliphatic carbocycles. The summed E-state index contributed by atoms with van der Waals surface area (Å²) in [5.41, 5.74) is -0.321. The van der Waals surface area contributed by atoms with Gasteiger partial charge in [0.15, 0.2) is 0 Å². The van der Waals surface area contributed by atoms with Crippen molar-refractivity contribution in [3.05, 3.63) is 54.0 Å². The van der Waals surface area contributed by atoms with Gasteiger partial charge in [0.2, 0.25) is 10.0 Å². The van der Waals surface area contributed by atoms with Gasteiger partial charge in [-0.05, 0) is 30.3 Å². The molecule has 0 amide bonds. The molecule has 9 heteroatoms. The summed E-state index contributed by atoms with van der Waals surface area (Å²) in [6.07, 6.45) is 1.59. The number of halogens is 1. The summed E-state index contributed by atoms with van der Waals surface area (Å²) in [6, 6.07) is 7.87. The molecule has 0 bridgehead atoms. The molecule has 23 heavy (non-hydrogen) atoms. The van der Waals surface area contributed by atoms with Crippen LogP contribution in [0.25, 0.3) is 0 Å². The Kier molecular flexibility index (Phi) is 5.24. The SMILES string of the molecule is O=C(O)c1ccc(S(=O)(=O)NCCNc2ccccn2)c(F)c1. The molecule has 0 spiro atoms. The second kappa shape index (κ2) is 7.16. The number of rotatable bonds is 7. The van der Waals surface area contributed by atoms with Crippen LogP contribution in [-0.4, -0.2) is 37.6 Å². The number of nitrogens with zero attached hydrogens (tertiary/aromatic N) is 1. The maximum Gasteiger partial charge on any atom is 0.335 e. The molecule has 0 aliphatic rings. The molecule has 122 valence electrons. The van der Waals surface area contributed by atoms with E-state index in [1.54, 1.807) is 24.4 Å². The molecule has 0 aliphatic heterocycles. The van der Waals surface area contributed by atoms with Crippen LogP contribution >= 0.6 is 0 Å². The van der Waals surface area contributed by atoms with Gasteiger partial charge in [0, 0.05) is 19.3 Å². The molecular weight excluding hydrogens is 325 g/mol. The quantitative estimate of drug-likeness (QED) is 0.656. The van der Waals surface area contributed by atoms with E-state index in [2.05, 4.69) is 15.0 Å². The van der Waals surface area contributed by atoms with E-state index in [9.17, 15) is 17.6 Å². The summed E-state index contributed by atoms with van der Waals surface area (Å²) < 4.78 is 40.0. The van der Waals surface area contributed by atoms with Crippen LogP contribution in [0.3, 0.4) is 0 Å². The minimum absolute atomic E-state index is 0.0129. The number of benzene rings is 1. The van der Waals surface area contributed by atoms with Crippen LogP contribution in [0.2, 0.25) is 0 Å². The van der Waals surface area contributed by atoms with Gasteiger partial charge < -0.3 is 10.4 Å². The van der Waals surface area contributed by atoms with Gasteiger partial charge in [0.25, 0.3) is 0 Å². The molecule has 1 aromatic carbocycles. The number of sulfonamides is 1. The van der Waals surface area contributed by atoms with Gasteiger partial charge in [-0.3, -0.25) is 0 Å². The highest BCUT2D eigenvalue weighted by Crippen LogP contribution is 2.16. The maximum absolute atomic E-state index is 13.8. The predicted molar refractivity (Wildman–Crippen MR) is 81.3 cm³/mol. The van der Waals surface area contributed by atoms with Crippen LogP contribution < -0.4 is 10.0 Å². The second-order valence-corrected chi connectivity index (χ2v) is 6.23. The van der Waals surface area contributed by atoms with Crippen molar-refractivity contribution in [3.8, 4) is 0 Å². The third kappa shape index (κ3) is 4.47. The Bertz CT molecular complexity index is 797. The zero-order valence-corrected chi connectivity index (χ0v) is 12.7. The summed E-state index contributed by atoms with van der Waals surface area (Å²) in [5.74, 6) is -1.86. The summed E-state index contributed by atoms with van der Waals surface area (Å²) in [6.45, 7) is 0.268. The monoisotopic (exact) mass is 339 g/mol. The number of carboxylic acid groups (broad SMARTS) is 1. The van der Waals surface area contributed by atoms with Gasteiger partial charge in [0.1, 0.15) is 16.5 Å². The molecule has 0 atom stereocenters. The van der Waals surface area contributed by atoms with Crippen molar-refractivity contribution in [1.82, 2.24) is 9.71 Å². The molecule has 0 unspecified atom stereocenters. The Labute approximate surface area is 132 Å². The lowest BCUT2D eigenvalue weighted by Crippen LogP contribution is -2.29. The zero-order valence-electron chi connectivity index (χ0n) is 11.9. The van der Waals surface area contributed by atoms with Crippen molar-refractivity contribution in [2.75, 3.05) is 18.4 Å². The first-order valence-electron chi connectivity index (χ1n) is 6.57. The van der Waals surface area contributed by atoms with E-state index in [1.165, 1.54) is 0 Å². The lowest BCUT2D eigenvalue weighted by atomic mass is 10.2. The summed E-state index contributed by atoms with van der Waals surface area (Å²) >= 11 is 0. The number of hydrogen-bond acceptors (Lipinski definition) is 5. The number of nitrogens with one attached hydrogen (secondary N) is 2. The fourth-order valence-electron chi connectivity index (χ4n) is 1.77. The van der Waals surface area contributed by atoms with Gasteiger partial charge in [-0.1, -0.05) is 6.07 Å². The number of carboxylic acids is 1. The molecule has 1 heterocycles. The first-order valence-corrected chi connectivity index (χ1v) is 8.06. The minimum Gasteiger partial charge on any atom is -0.478 e. The highest BCUT2D eigenvalue weighted by Gasteiger charge is 2.19. The first kappa shape index (κ1) is 16.8. The Balaban J connectivity index is 1.98. The first-order chi connectivity index (χ1) is 10.9.